The van der Waals surface area contributed by atoms with Crippen LogP contribution in [0, 0.1) is 17.6 Å². The molecule has 1 aliphatic carbocycles. The van der Waals surface area contributed by atoms with E-state index in [0.717, 1.165) is 23.4 Å². The normalized spacial score (nSPS) is 18.7. The van der Waals surface area contributed by atoms with E-state index < -0.39 is 24.0 Å². The second-order valence-corrected chi connectivity index (χ2v) is 9.14. The van der Waals surface area contributed by atoms with Crippen LogP contribution in [0.4, 0.5) is 17.6 Å². The molecule has 0 heterocycles. The third-order valence-corrected chi connectivity index (χ3v) is 6.97. The SMILES string of the molecule is CCCCC[C@H]1CC[C@H](c2ccc3c(F)c(-c4ccc(OC(F)F)c(F)c4)ccc3c2)CC1. The van der Waals surface area contributed by atoms with E-state index in [1.807, 2.05) is 18.2 Å². The molecule has 0 saturated heterocycles. The van der Waals surface area contributed by atoms with Crippen molar-refractivity contribution in [3.8, 4) is 16.9 Å². The number of hydrogen-bond acceptors (Lipinski definition) is 1. The third kappa shape index (κ3) is 5.51. The van der Waals surface area contributed by atoms with Crippen molar-refractivity contribution < 1.29 is 22.3 Å². The van der Waals surface area contributed by atoms with Crippen molar-refractivity contribution in [2.75, 3.05) is 0 Å². The van der Waals surface area contributed by atoms with Gasteiger partial charge in [-0.3, -0.25) is 0 Å². The van der Waals surface area contributed by atoms with Gasteiger partial charge in [-0.25, -0.2) is 8.78 Å². The first-order valence-corrected chi connectivity index (χ1v) is 11.9. The van der Waals surface area contributed by atoms with Crippen LogP contribution in [0.3, 0.4) is 0 Å². The van der Waals surface area contributed by atoms with E-state index in [9.17, 15) is 13.2 Å². The lowest BCUT2D eigenvalue weighted by Gasteiger charge is -2.29. The molecule has 5 heteroatoms. The molecule has 0 aromatic heterocycles. The van der Waals surface area contributed by atoms with E-state index in [0.29, 0.717) is 11.3 Å². The van der Waals surface area contributed by atoms with Crippen LogP contribution in [-0.2, 0) is 0 Å². The quantitative estimate of drug-likeness (QED) is 0.241. The van der Waals surface area contributed by atoms with Gasteiger partial charge in [0.05, 0.1) is 0 Å². The number of benzene rings is 3. The molecule has 1 aliphatic rings. The molecule has 1 fully saturated rings. The highest BCUT2D eigenvalue weighted by molar-refractivity contribution is 5.89. The van der Waals surface area contributed by atoms with E-state index in [1.54, 1.807) is 6.07 Å². The van der Waals surface area contributed by atoms with Crippen molar-refractivity contribution in [1.82, 2.24) is 0 Å². The van der Waals surface area contributed by atoms with E-state index in [1.165, 1.54) is 63.0 Å². The van der Waals surface area contributed by atoms with E-state index in [-0.39, 0.29) is 11.1 Å². The predicted octanol–water partition coefficient (Wildman–Crippen LogP) is 9.24. The van der Waals surface area contributed by atoms with E-state index in [4.69, 9.17) is 0 Å². The van der Waals surface area contributed by atoms with Crippen molar-refractivity contribution in [3.63, 3.8) is 0 Å². The highest BCUT2D eigenvalue weighted by atomic mass is 19.3. The van der Waals surface area contributed by atoms with E-state index in [2.05, 4.69) is 17.7 Å². The summed E-state index contributed by atoms with van der Waals surface area (Å²) >= 11 is 0. The molecule has 0 radical (unpaired) electrons. The van der Waals surface area contributed by atoms with Gasteiger partial charge in [0, 0.05) is 10.9 Å². The Labute approximate surface area is 192 Å². The number of hydrogen-bond donors (Lipinski definition) is 0. The standard InChI is InChI=1S/C28H30F4O/c1-2-3-4-5-18-6-8-19(9-7-18)20-10-13-23-21(16-20)11-14-24(27(23)30)22-12-15-26(25(29)17-22)33-28(31)32/h10-19,28H,2-9H2,1H3/t18-,19-. The van der Waals surface area contributed by atoms with Gasteiger partial charge in [0.1, 0.15) is 5.82 Å². The molecule has 0 spiro atoms. The fourth-order valence-electron chi connectivity index (χ4n) is 5.11. The maximum absolute atomic E-state index is 15.3. The van der Waals surface area contributed by atoms with Gasteiger partial charge in [0.15, 0.2) is 11.6 Å². The zero-order valence-corrected chi connectivity index (χ0v) is 18.9. The zero-order valence-electron chi connectivity index (χ0n) is 18.9. The molecule has 1 saturated carbocycles. The van der Waals surface area contributed by atoms with Crippen LogP contribution in [0.25, 0.3) is 21.9 Å². The molecule has 1 nitrogen and oxygen atoms in total. The summed E-state index contributed by atoms with van der Waals surface area (Å²) in [6.45, 7) is -0.879. The average molecular weight is 459 g/mol. The molecule has 0 amide bonds. The van der Waals surface area contributed by atoms with Crippen molar-refractivity contribution in [2.45, 2.75) is 70.8 Å². The Morgan fingerprint density at radius 2 is 1.70 bits per heavy atom. The molecule has 0 aliphatic heterocycles. The summed E-state index contributed by atoms with van der Waals surface area (Å²) in [5.41, 5.74) is 1.76. The second kappa shape index (κ2) is 10.6. The van der Waals surface area contributed by atoms with Crippen LogP contribution >= 0.6 is 0 Å². The number of ether oxygens (including phenoxy) is 1. The molecule has 4 rings (SSSR count). The summed E-state index contributed by atoms with van der Waals surface area (Å²) in [5.74, 6) is -0.601. The Morgan fingerprint density at radius 3 is 2.39 bits per heavy atom. The fourth-order valence-corrected chi connectivity index (χ4v) is 5.11. The number of halogens is 4. The molecule has 0 N–H and O–H groups in total. The maximum Gasteiger partial charge on any atom is 0.387 e. The van der Waals surface area contributed by atoms with Gasteiger partial charge in [-0.15, -0.1) is 0 Å². The van der Waals surface area contributed by atoms with E-state index >= 15 is 4.39 Å². The van der Waals surface area contributed by atoms with Gasteiger partial charge < -0.3 is 4.74 Å². The van der Waals surface area contributed by atoms with Gasteiger partial charge in [-0.1, -0.05) is 69.0 Å². The molecular formula is C28H30F4O. The van der Waals surface area contributed by atoms with Crippen LogP contribution in [0.2, 0.25) is 0 Å². The summed E-state index contributed by atoms with van der Waals surface area (Å²) < 4.78 is 58.3. The number of fused-ring (bicyclic) bond motifs is 1. The van der Waals surface area contributed by atoms with Crippen molar-refractivity contribution in [3.05, 3.63) is 65.7 Å². The molecule has 33 heavy (non-hydrogen) atoms. The second-order valence-electron chi connectivity index (χ2n) is 9.14. The Bertz CT molecular complexity index is 1090. The molecule has 0 unspecified atom stereocenters. The predicted molar refractivity (Wildman–Crippen MR) is 125 cm³/mol. The summed E-state index contributed by atoms with van der Waals surface area (Å²) in [6.07, 6.45) is 10.1. The molecule has 176 valence electrons. The van der Waals surface area contributed by atoms with Crippen molar-refractivity contribution >= 4 is 10.8 Å². The van der Waals surface area contributed by atoms with Crippen LogP contribution in [0.15, 0.2) is 48.5 Å². The molecular weight excluding hydrogens is 428 g/mol. The fraction of sp³-hybridized carbons (Fsp3) is 0.429. The Morgan fingerprint density at radius 1 is 0.909 bits per heavy atom. The minimum atomic E-state index is -3.12. The number of rotatable bonds is 8. The molecule has 3 aromatic rings. The summed E-state index contributed by atoms with van der Waals surface area (Å²) in [7, 11) is 0. The topological polar surface area (TPSA) is 9.23 Å². The number of unbranched alkanes of at least 4 members (excludes halogenated alkanes) is 2. The van der Waals surface area contributed by atoms with Crippen molar-refractivity contribution in [1.29, 1.82) is 0 Å². The maximum atomic E-state index is 15.3. The first-order chi connectivity index (χ1) is 16.0. The minimum absolute atomic E-state index is 0.227. The van der Waals surface area contributed by atoms with Crippen LogP contribution < -0.4 is 4.74 Å². The summed E-state index contributed by atoms with van der Waals surface area (Å²) in [4.78, 5) is 0. The van der Waals surface area contributed by atoms with Crippen molar-refractivity contribution in [2.24, 2.45) is 5.92 Å². The van der Waals surface area contributed by atoms with Crippen LogP contribution in [0.5, 0.6) is 5.75 Å². The lowest BCUT2D eigenvalue weighted by Crippen LogP contribution is -2.13. The number of alkyl halides is 2. The first kappa shape index (κ1) is 23.6. The summed E-state index contributed by atoms with van der Waals surface area (Å²) in [6, 6.07) is 12.9. The monoisotopic (exact) mass is 458 g/mol. The Balaban J connectivity index is 1.51. The average Bonchev–Trinajstić information content (AvgIpc) is 2.81. The highest BCUT2D eigenvalue weighted by Crippen LogP contribution is 2.39. The Hall–Kier alpha value is -2.56. The van der Waals surface area contributed by atoms with Gasteiger partial charge in [-0.2, -0.15) is 8.78 Å². The largest absolute Gasteiger partial charge is 0.432 e. The lowest BCUT2D eigenvalue weighted by atomic mass is 9.76. The highest BCUT2D eigenvalue weighted by Gasteiger charge is 2.23. The summed E-state index contributed by atoms with van der Waals surface area (Å²) in [5, 5.41) is 1.29. The van der Waals surface area contributed by atoms with Gasteiger partial charge in [0.25, 0.3) is 0 Å². The molecule has 0 atom stereocenters. The van der Waals surface area contributed by atoms with Gasteiger partial charge in [0.2, 0.25) is 0 Å². The minimum Gasteiger partial charge on any atom is -0.432 e. The first-order valence-electron chi connectivity index (χ1n) is 11.9. The van der Waals surface area contributed by atoms with Gasteiger partial charge in [-0.05, 0) is 66.2 Å². The van der Waals surface area contributed by atoms with Crippen LogP contribution in [-0.4, -0.2) is 6.61 Å². The van der Waals surface area contributed by atoms with Crippen LogP contribution in [0.1, 0.15) is 69.8 Å². The molecule has 0 bridgehead atoms. The Kier molecular flexibility index (Phi) is 7.56. The smallest absolute Gasteiger partial charge is 0.387 e. The third-order valence-electron chi connectivity index (χ3n) is 6.97. The zero-order chi connectivity index (χ0) is 23.4. The lowest BCUT2D eigenvalue weighted by molar-refractivity contribution is -0.0521. The molecule has 3 aromatic carbocycles. The van der Waals surface area contributed by atoms with Gasteiger partial charge >= 0.3 is 6.61 Å².